The quantitative estimate of drug-likeness (QED) is 0.519. The van der Waals surface area contributed by atoms with E-state index in [-0.39, 0.29) is 0 Å². The average molecular weight is 297 g/mol. The number of unbranched alkanes of at least 4 members (excludes halogenated alkanes) is 6. The van der Waals surface area contributed by atoms with Crippen LogP contribution < -0.4 is 5.32 Å². The molecule has 1 rings (SSSR count). The molecule has 2 nitrogen and oxygen atoms in total. The number of nitrogens with zero attached hydrogens (tertiary/aromatic N) is 1. The predicted octanol–water partition coefficient (Wildman–Crippen LogP) is 4.84. The topological polar surface area (TPSA) is 15.3 Å². The summed E-state index contributed by atoms with van der Waals surface area (Å²) >= 11 is 0. The molecule has 1 atom stereocenters. The normalized spacial score (nSPS) is 20.3. The minimum atomic E-state index is 0.769. The molecule has 0 amide bonds. The lowest BCUT2D eigenvalue weighted by Crippen LogP contribution is -2.46. The van der Waals surface area contributed by atoms with Crippen molar-refractivity contribution < 1.29 is 0 Å². The van der Waals surface area contributed by atoms with E-state index in [1.54, 1.807) is 0 Å². The highest BCUT2D eigenvalue weighted by molar-refractivity contribution is 4.78. The van der Waals surface area contributed by atoms with Crippen LogP contribution in [0.3, 0.4) is 0 Å². The highest BCUT2D eigenvalue weighted by Gasteiger charge is 2.21. The summed E-state index contributed by atoms with van der Waals surface area (Å²) in [5.74, 6) is 0.769. The van der Waals surface area contributed by atoms with Gasteiger partial charge in [-0.25, -0.2) is 0 Å². The fraction of sp³-hybridized carbons (Fsp3) is 1.00. The molecule has 1 aliphatic heterocycles. The molecule has 0 bridgehead atoms. The zero-order valence-corrected chi connectivity index (χ0v) is 15.0. The molecule has 1 heterocycles. The molecule has 0 aromatic carbocycles. The van der Waals surface area contributed by atoms with E-state index in [4.69, 9.17) is 0 Å². The van der Waals surface area contributed by atoms with Crippen molar-refractivity contribution in [3.05, 3.63) is 0 Å². The van der Waals surface area contributed by atoms with Gasteiger partial charge in [-0.1, -0.05) is 65.7 Å². The van der Waals surface area contributed by atoms with Gasteiger partial charge in [0.25, 0.3) is 0 Å². The minimum Gasteiger partial charge on any atom is -0.315 e. The van der Waals surface area contributed by atoms with Gasteiger partial charge in [0.05, 0.1) is 0 Å². The Labute approximate surface area is 134 Å². The van der Waals surface area contributed by atoms with Crippen LogP contribution in [-0.2, 0) is 0 Å². The van der Waals surface area contributed by atoms with Gasteiger partial charge in [0, 0.05) is 12.6 Å². The smallest absolute Gasteiger partial charge is 0.0220 e. The van der Waals surface area contributed by atoms with E-state index in [9.17, 15) is 0 Å². The zero-order chi connectivity index (χ0) is 15.3. The lowest BCUT2D eigenvalue weighted by Gasteiger charge is -2.36. The number of nitrogens with one attached hydrogen (secondary N) is 1. The van der Waals surface area contributed by atoms with Crippen LogP contribution in [0.5, 0.6) is 0 Å². The largest absolute Gasteiger partial charge is 0.315 e. The number of rotatable bonds is 12. The third-order valence-electron chi connectivity index (χ3n) is 4.73. The van der Waals surface area contributed by atoms with Crippen molar-refractivity contribution in [2.75, 3.05) is 26.2 Å². The summed E-state index contributed by atoms with van der Waals surface area (Å²) in [6.45, 7) is 11.9. The van der Waals surface area contributed by atoms with Crippen LogP contribution in [0, 0.1) is 5.92 Å². The van der Waals surface area contributed by atoms with Crippen molar-refractivity contribution in [2.24, 2.45) is 5.92 Å². The highest BCUT2D eigenvalue weighted by Crippen LogP contribution is 2.18. The van der Waals surface area contributed by atoms with E-state index >= 15 is 0 Å². The van der Waals surface area contributed by atoms with Crippen molar-refractivity contribution in [2.45, 2.75) is 91.0 Å². The molecule has 1 saturated heterocycles. The summed E-state index contributed by atoms with van der Waals surface area (Å²) in [5.41, 5.74) is 0. The Kier molecular flexibility index (Phi) is 11.3. The molecule has 0 spiro atoms. The Morgan fingerprint density at radius 2 is 1.71 bits per heavy atom. The van der Waals surface area contributed by atoms with Gasteiger partial charge in [0.15, 0.2) is 0 Å². The fourth-order valence-corrected chi connectivity index (χ4v) is 3.40. The fourth-order valence-electron chi connectivity index (χ4n) is 3.40. The summed E-state index contributed by atoms with van der Waals surface area (Å²) in [5, 5.41) is 3.67. The van der Waals surface area contributed by atoms with Crippen molar-refractivity contribution in [3.63, 3.8) is 0 Å². The molecule has 1 N–H and O–H groups in total. The maximum Gasteiger partial charge on any atom is 0.0220 e. The number of piperidine rings is 1. The predicted molar refractivity (Wildman–Crippen MR) is 94.9 cm³/mol. The Morgan fingerprint density at radius 1 is 1.00 bits per heavy atom. The standard InChI is InChI=1S/C19H40N2/c1-4-5-6-7-8-9-11-14-21-15-12-10-13-19(21)17-20-16-18(2)3/h18-20H,4-17H2,1-3H3. The molecule has 21 heavy (non-hydrogen) atoms. The van der Waals surface area contributed by atoms with Gasteiger partial charge in [-0.2, -0.15) is 0 Å². The lowest BCUT2D eigenvalue weighted by molar-refractivity contribution is 0.142. The maximum absolute atomic E-state index is 3.67. The number of hydrogen-bond donors (Lipinski definition) is 1. The first kappa shape index (κ1) is 19.0. The van der Waals surface area contributed by atoms with Gasteiger partial charge in [0.2, 0.25) is 0 Å². The van der Waals surface area contributed by atoms with Gasteiger partial charge >= 0.3 is 0 Å². The van der Waals surface area contributed by atoms with E-state index in [0.717, 1.165) is 12.0 Å². The molecule has 2 heteroatoms. The average Bonchev–Trinajstić information content (AvgIpc) is 2.47. The molecule has 0 aliphatic carbocycles. The Balaban J connectivity index is 2.09. The number of hydrogen-bond acceptors (Lipinski definition) is 2. The van der Waals surface area contributed by atoms with Gasteiger partial charge in [-0.15, -0.1) is 0 Å². The van der Waals surface area contributed by atoms with Crippen LogP contribution in [0.15, 0.2) is 0 Å². The van der Waals surface area contributed by atoms with E-state index in [0.29, 0.717) is 0 Å². The van der Waals surface area contributed by atoms with Gasteiger partial charge in [-0.05, 0) is 44.8 Å². The summed E-state index contributed by atoms with van der Waals surface area (Å²) < 4.78 is 0. The van der Waals surface area contributed by atoms with Crippen LogP contribution in [-0.4, -0.2) is 37.1 Å². The molecule has 1 aliphatic rings. The molecular weight excluding hydrogens is 256 g/mol. The first-order valence-corrected chi connectivity index (χ1v) is 9.68. The van der Waals surface area contributed by atoms with Crippen LogP contribution in [0.1, 0.15) is 85.0 Å². The summed E-state index contributed by atoms with van der Waals surface area (Å²) in [6.07, 6.45) is 14.2. The maximum atomic E-state index is 3.67. The van der Waals surface area contributed by atoms with Gasteiger partial charge < -0.3 is 5.32 Å². The monoisotopic (exact) mass is 296 g/mol. The first-order valence-electron chi connectivity index (χ1n) is 9.68. The molecule has 0 radical (unpaired) electrons. The van der Waals surface area contributed by atoms with Crippen molar-refractivity contribution in [1.29, 1.82) is 0 Å². The molecule has 126 valence electrons. The number of likely N-dealkylation sites (tertiary alicyclic amines) is 1. The summed E-state index contributed by atoms with van der Waals surface area (Å²) in [7, 11) is 0. The van der Waals surface area contributed by atoms with E-state index < -0.39 is 0 Å². The van der Waals surface area contributed by atoms with Crippen LogP contribution in [0.25, 0.3) is 0 Å². The lowest BCUT2D eigenvalue weighted by atomic mass is 10.0. The summed E-state index contributed by atoms with van der Waals surface area (Å²) in [4.78, 5) is 2.77. The Bertz CT molecular complexity index is 228. The minimum absolute atomic E-state index is 0.769. The molecule has 0 saturated carbocycles. The van der Waals surface area contributed by atoms with E-state index in [1.165, 1.54) is 90.4 Å². The van der Waals surface area contributed by atoms with Crippen LogP contribution in [0.2, 0.25) is 0 Å². The summed E-state index contributed by atoms with van der Waals surface area (Å²) in [6, 6.07) is 0.803. The SMILES string of the molecule is CCCCCCCCCN1CCCCC1CNCC(C)C. The molecule has 1 unspecified atom stereocenters. The second-order valence-electron chi connectivity index (χ2n) is 7.36. The highest BCUT2D eigenvalue weighted by atomic mass is 15.2. The Hall–Kier alpha value is -0.0800. The van der Waals surface area contributed by atoms with Crippen LogP contribution >= 0.6 is 0 Å². The molecule has 0 aromatic rings. The van der Waals surface area contributed by atoms with Gasteiger partial charge in [-0.3, -0.25) is 4.90 Å². The molecule has 0 aromatic heterocycles. The van der Waals surface area contributed by atoms with Crippen molar-refractivity contribution in [3.8, 4) is 0 Å². The van der Waals surface area contributed by atoms with Gasteiger partial charge in [0.1, 0.15) is 0 Å². The van der Waals surface area contributed by atoms with E-state index in [2.05, 4.69) is 31.0 Å². The first-order chi connectivity index (χ1) is 10.2. The van der Waals surface area contributed by atoms with E-state index in [1.807, 2.05) is 0 Å². The second kappa shape index (κ2) is 12.5. The van der Waals surface area contributed by atoms with Crippen molar-refractivity contribution in [1.82, 2.24) is 10.2 Å². The second-order valence-corrected chi connectivity index (χ2v) is 7.36. The molecular formula is C19H40N2. The zero-order valence-electron chi connectivity index (χ0n) is 15.0. The third-order valence-corrected chi connectivity index (χ3v) is 4.73. The molecule has 1 fully saturated rings. The Morgan fingerprint density at radius 3 is 2.43 bits per heavy atom. The van der Waals surface area contributed by atoms with Crippen molar-refractivity contribution >= 4 is 0 Å². The third kappa shape index (κ3) is 9.52. The van der Waals surface area contributed by atoms with Crippen LogP contribution in [0.4, 0.5) is 0 Å².